The first-order chi connectivity index (χ1) is 15.4. The molecule has 1 aliphatic heterocycles. The third-order valence-corrected chi connectivity index (χ3v) is 10.2. The van der Waals surface area contributed by atoms with Gasteiger partial charge in [0.2, 0.25) is 0 Å². The van der Waals surface area contributed by atoms with Crippen molar-refractivity contribution < 1.29 is 17.7 Å². The zero-order valence-corrected chi connectivity index (χ0v) is 20.6. The lowest BCUT2D eigenvalue weighted by Crippen LogP contribution is -2.54. The minimum atomic E-state index is -3.58. The van der Waals surface area contributed by atoms with Crippen LogP contribution in [0.15, 0.2) is 52.2 Å². The van der Waals surface area contributed by atoms with Crippen molar-refractivity contribution in [2.24, 2.45) is 10.7 Å². The summed E-state index contributed by atoms with van der Waals surface area (Å²) in [5.41, 5.74) is 7.33. The zero-order chi connectivity index (χ0) is 24.0. The molecule has 1 amide bonds. The number of carbonyl (C=O) groups excluding carboxylic acids is 1. The number of nitrogens with zero attached hydrogens (tertiary/aromatic N) is 2. The van der Waals surface area contributed by atoms with Gasteiger partial charge in [-0.2, -0.15) is 0 Å². The normalized spacial score (nSPS) is 21.4. The molecule has 11 heteroatoms. The molecule has 0 spiro atoms. The molecule has 0 bridgehead atoms. The third kappa shape index (κ3) is 4.30. The minimum Gasteiger partial charge on any atom is -0.386 e. The van der Waals surface area contributed by atoms with Gasteiger partial charge in [0.25, 0.3) is 5.91 Å². The van der Waals surface area contributed by atoms with Crippen LogP contribution in [0.4, 0.5) is 0 Å². The maximum atomic E-state index is 12.8. The summed E-state index contributed by atoms with van der Waals surface area (Å²) in [6.07, 6.45) is 1.50. The molecule has 1 atom stereocenters. The van der Waals surface area contributed by atoms with E-state index in [1.165, 1.54) is 26.2 Å². The van der Waals surface area contributed by atoms with Crippen LogP contribution < -0.4 is 11.1 Å². The molecule has 0 aliphatic carbocycles. The van der Waals surface area contributed by atoms with Crippen LogP contribution in [-0.4, -0.2) is 35.8 Å². The number of hydrogen-bond acceptors (Lipinski definition) is 8. The highest BCUT2D eigenvalue weighted by Gasteiger charge is 2.50. The Balaban J connectivity index is 1.54. The van der Waals surface area contributed by atoms with Gasteiger partial charge in [0, 0.05) is 18.2 Å². The van der Waals surface area contributed by atoms with E-state index in [2.05, 4.69) is 15.5 Å². The molecule has 0 radical (unpaired) electrons. The summed E-state index contributed by atoms with van der Waals surface area (Å²) in [6, 6.07) is 10.9. The number of nitrogens with one attached hydrogen (secondary N) is 1. The van der Waals surface area contributed by atoms with E-state index in [1.807, 2.05) is 24.3 Å². The van der Waals surface area contributed by atoms with E-state index < -0.39 is 20.1 Å². The summed E-state index contributed by atoms with van der Waals surface area (Å²) in [5.74, 6) is -0.539. The molecule has 0 saturated carbocycles. The van der Waals surface area contributed by atoms with Crippen LogP contribution in [0.1, 0.15) is 40.9 Å². The predicted octanol–water partition coefficient (Wildman–Crippen LogP) is 3.77. The van der Waals surface area contributed by atoms with Crippen LogP contribution in [0.5, 0.6) is 0 Å². The topological polar surface area (TPSA) is 128 Å². The molecule has 0 saturated heterocycles. The molecular weight excluding hydrogens is 484 g/mol. The summed E-state index contributed by atoms with van der Waals surface area (Å²) in [4.78, 5) is 18.2. The summed E-state index contributed by atoms with van der Waals surface area (Å²) in [7, 11) is -3.58. The Morgan fingerprint density at radius 1 is 1.27 bits per heavy atom. The summed E-state index contributed by atoms with van der Waals surface area (Å²) < 4.78 is 29.3. The standard InChI is InChI=1S/C22H23ClN4O4S2/c1-21(2)20(24)26-22(3,12-33(21,29)30)18-15(23)10-17(32-18)19(28)25-11-13-5-4-6-14(9-13)16-7-8-31-27-16/h4-10H,11-12H2,1-3H3,(H2,24,26)(H,25,28). The van der Waals surface area contributed by atoms with Gasteiger partial charge >= 0.3 is 0 Å². The molecule has 4 rings (SSSR count). The maximum Gasteiger partial charge on any atom is 0.261 e. The predicted molar refractivity (Wildman–Crippen MR) is 129 cm³/mol. The fourth-order valence-corrected chi connectivity index (χ4v) is 6.89. The molecule has 174 valence electrons. The second-order valence-corrected chi connectivity index (χ2v) is 12.6. The van der Waals surface area contributed by atoms with Crippen molar-refractivity contribution in [2.75, 3.05) is 5.75 Å². The van der Waals surface area contributed by atoms with Crippen LogP contribution >= 0.6 is 22.9 Å². The number of rotatable bonds is 5. The average Bonchev–Trinajstić information content (AvgIpc) is 3.41. The van der Waals surface area contributed by atoms with Crippen molar-refractivity contribution in [1.29, 1.82) is 0 Å². The second-order valence-electron chi connectivity index (χ2n) is 8.60. The van der Waals surface area contributed by atoms with Crippen LogP contribution in [-0.2, 0) is 21.9 Å². The molecular formula is C22H23ClN4O4S2. The van der Waals surface area contributed by atoms with Crippen molar-refractivity contribution in [3.63, 3.8) is 0 Å². The fraction of sp³-hybridized carbons (Fsp3) is 0.318. The van der Waals surface area contributed by atoms with Crippen molar-refractivity contribution >= 4 is 44.5 Å². The second kappa shape index (κ2) is 8.27. The Kier molecular flexibility index (Phi) is 5.88. The number of amides is 1. The average molecular weight is 507 g/mol. The Hall–Kier alpha value is -2.69. The smallest absolute Gasteiger partial charge is 0.261 e. The number of nitrogens with two attached hydrogens (primary N) is 1. The van der Waals surface area contributed by atoms with E-state index >= 15 is 0 Å². The lowest BCUT2D eigenvalue weighted by Gasteiger charge is -2.37. The van der Waals surface area contributed by atoms with Gasteiger partial charge in [-0.05, 0) is 38.5 Å². The Labute approximate surface area is 200 Å². The van der Waals surface area contributed by atoms with Gasteiger partial charge in [-0.1, -0.05) is 35.0 Å². The van der Waals surface area contributed by atoms with Crippen LogP contribution in [0, 0.1) is 0 Å². The third-order valence-electron chi connectivity index (χ3n) is 5.75. The maximum absolute atomic E-state index is 12.8. The fourth-order valence-electron chi connectivity index (χ4n) is 3.58. The molecule has 0 fully saturated rings. The molecule has 3 heterocycles. The highest BCUT2D eigenvalue weighted by atomic mass is 35.5. The van der Waals surface area contributed by atoms with Gasteiger partial charge in [0.15, 0.2) is 9.84 Å². The lowest BCUT2D eigenvalue weighted by molar-refractivity contribution is 0.0955. The summed E-state index contributed by atoms with van der Waals surface area (Å²) >= 11 is 7.55. The number of benzene rings is 1. The van der Waals surface area contributed by atoms with Crippen molar-refractivity contribution in [2.45, 2.75) is 37.6 Å². The van der Waals surface area contributed by atoms with E-state index in [9.17, 15) is 13.2 Å². The molecule has 8 nitrogen and oxygen atoms in total. The first-order valence-electron chi connectivity index (χ1n) is 10.1. The van der Waals surface area contributed by atoms with E-state index in [0.29, 0.717) is 22.0 Å². The van der Waals surface area contributed by atoms with Gasteiger partial charge in [-0.15, -0.1) is 11.3 Å². The number of halogens is 1. The molecule has 33 heavy (non-hydrogen) atoms. The largest absolute Gasteiger partial charge is 0.386 e. The highest BCUT2D eigenvalue weighted by molar-refractivity contribution is 7.93. The Bertz CT molecular complexity index is 1350. The van der Waals surface area contributed by atoms with Crippen LogP contribution in [0.3, 0.4) is 0 Å². The first-order valence-corrected chi connectivity index (χ1v) is 12.9. The van der Waals surface area contributed by atoms with E-state index in [0.717, 1.165) is 22.5 Å². The van der Waals surface area contributed by atoms with Crippen LogP contribution in [0.2, 0.25) is 5.02 Å². The van der Waals surface area contributed by atoms with E-state index in [-0.39, 0.29) is 22.5 Å². The highest BCUT2D eigenvalue weighted by Crippen LogP contribution is 2.43. The Morgan fingerprint density at radius 2 is 2.03 bits per heavy atom. The number of aromatic nitrogens is 1. The molecule has 3 N–H and O–H groups in total. The molecule has 2 aromatic heterocycles. The zero-order valence-electron chi connectivity index (χ0n) is 18.3. The lowest BCUT2D eigenvalue weighted by atomic mass is 10.0. The summed E-state index contributed by atoms with van der Waals surface area (Å²) in [5, 5.41) is 7.08. The number of sulfone groups is 1. The van der Waals surface area contributed by atoms with Crippen LogP contribution in [0.25, 0.3) is 11.3 Å². The van der Waals surface area contributed by atoms with E-state index in [4.69, 9.17) is 21.9 Å². The number of thiophene rings is 1. The number of aliphatic imine (C=N–C) groups is 1. The first kappa shape index (κ1) is 23.5. The van der Waals surface area contributed by atoms with Gasteiger partial charge in [-0.3, -0.25) is 9.79 Å². The minimum absolute atomic E-state index is 0.0266. The van der Waals surface area contributed by atoms with Crippen molar-refractivity contribution in [1.82, 2.24) is 10.5 Å². The molecule has 1 aromatic carbocycles. The van der Waals surface area contributed by atoms with Gasteiger partial charge < -0.3 is 15.6 Å². The molecule has 1 aliphatic rings. The molecule has 3 aromatic rings. The number of amidine groups is 1. The van der Waals surface area contributed by atoms with Gasteiger partial charge in [-0.25, -0.2) is 8.42 Å². The quantitative estimate of drug-likeness (QED) is 0.542. The Morgan fingerprint density at radius 3 is 2.70 bits per heavy atom. The van der Waals surface area contributed by atoms with Crippen molar-refractivity contribution in [3.8, 4) is 11.3 Å². The monoisotopic (exact) mass is 506 g/mol. The number of hydrogen-bond donors (Lipinski definition) is 2. The van der Waals surface area contributed by atoms with Gasteiger partial charge in [0.05, 0.1) is 20.5 Å². The SMILES string of the molecule is CC1(c2sc(C(=O)NCc3cccc(-c4ccon4)c3)cc2Cl)CS(=O)(=O)C(C)(C)C(N)=N1. The number of carbonyl (C=O) groups is 1. The molecule has 1 unspecified atom stereocenters. The van der Waals surface area contributed by atoms with Crippen molar-refractivity contribution in [3.05, 3.63) is 63.0 Å². The van der Waals surface area contributed by atoms with E-state index in [1.54, 1.807) is 13.0 Å². The van der Waals surface area contributed by atoms with Gasteiger partial charge in [0.1, 0.15) is 28.1 Å². The summed E-state index contributed by atoms with van der Waals surface area (Å²) in [6.45, 7) is 5.03.